The van der Waals surface area contributed by atoms with E-state index >= 15 is 0 Å². The molecule has 21 heavy (non-hydrogen) atoms. The maximum absolute atomic E-state index is 11.6. The molecule has 0 fully saturated rings. The highest BCUT2D eigenvalue weighted by Crippen LogP contribution is 2.07. The topological polar surface area (TPSA) is 109 Å². The number of carboxylic acids is 1. The van der Waals surface area contributed by atoms with E-state index in [9.17, 15) is 14.4 Å². The van der Waals surface area contributed by atoms with Gasteiger partial charge >= 0.3 is 12.0 Å². The minimum Gasteiger partial charge on any atom is -0.481 e. The predicted octanol–water partition coefficient (Wildman–Crippen LogP) is 1.54. The third kappa shape index (κ3) is 7.14. The smallest absolute Gasteiger partial charge is 0.321 e. The average Bonchev–Trinajstić information content (AvgIpc) is 2.78. The maximum atomic E-state index is 11.6. The number of furan rings is 1. The van der Waals surface area contributed by atoms with E-state index in [0.29, 0.717) is 6.42 Å². The molecule has 0 aromatic carbocycles. The molecule has 7 nitrogen and oxygen atoms in total. The van der Waals surface area contributed by atoms with Crippen molar-refractivity contribution in [3.63, 3.8) is 0 Å². The fourth-order valence-corrected chi connectivity index (χ4v) is 1.91. The van der Waals surface area contributed by atoms with Crippen molar-refractivity contribution in [2.75, 3.05) is 0 Å². The Morgan fingerprint density at radius 1 is 1.29 bits per heavy atom. The maximum Gasteiger partial charge on any atom is 0.321 e. The van der Waals surface area contributed by atoms with Crippen molar-refractivity contribution in [2.45, 2.75) is 39.2 Å². The zero-order valence-electron chi connectivity index (χ0n) is 12.1. The zero-order valence-corrected chi connectivity index (χ0v) is 12.1. The molecule has 0 spiro atoms. The number of nitrogens with one attached hydrogen (secondary N) is 2. The number of amides is 3. The summed E-state index contributed by atoms with van der Waals surface area (Å²) in [6.45, 7) is 3.44. The number of hydrogen-bond donors (Lipinski definition) is 3. The van der Waals surface area contributed by atoms with Crippen LogP contribution in [0.3, 0.4) is 0 Å². The first-order chi connectivity index (χ1) is 9.86. The van der Waals surface area contributed by atoms with Crippen molar-refractivity contribution < 1.29 is 23.9 Å². The van der Waals surface area contributed by atoms with Crippen LogP contribution in [0.2, 0.25) is 0 Å². The first-order valence-electron chi connectivity index (χ1n) is 6.71. The van der Waals surface area contributed by atoms with Crippen LogP contribution < -0.4 is 10.6 Å². The third-order valence-electron chi connectivity index (χ3n) is 2.77. The van der Waals surface area contributed by atoms with Crippen molar-refractivity contribution >= 4 is 17.9 Å². The van der Waals surface area contributed by atoms with Gasteiger partial charge in [-0.05, 0) is 25.0 Å². The van der Waals surface area contributed by atoms with E-state index in [1.807, 2.05) is 0 Å². The van der Waals surface area contributed by atoms with Crippen LogP contribution in [0.25, 0.3) is 0 Å². The average molecular weight is 296 g/mol. The highest BCUT2D eigenvalue weighted by Gasteiger charge is 2.16. The van der Waals surface area contributed by atoms with Gasteiger partial charge < -0.3 is 14.8 Å². The Morgan fingerprint density at radius 3 is 2.57 bits per heavy atom. The van der Waals surface area contributed by atoms with Gasteiger partial charge in [-0.3, -0.25) is 14.9 Å². The number of carbonyl (C=O) groups excluding carboxylic acids is 2. The molecule has 1 aromatic heterocycles. The van der Waals surface area contributed by atoms with Gasteiger partial charge in [-0.25, -0.2) is 4.79 Å². The fourth-order valence-electron chi connectivity index (χ4n) is 1.91. The monoisotopic (exact) mass is 296 g/mol. The first kappa shape index (κ1) is 16.7. The quantitative estimate of drug-likeness (QED) is 0.707. The van der Waals surface area contributed by atoms with Gasteiger partial charge in [0.1, 0.15) is 5.76 Å². The van der Waals surface area contributed by atoms with E-state index < -0.39 is 17.9 Å². The van der Waals surface area contributed by atoms with Gasteiger partial charge in [-0.2, -0.15) is 0 Å². The summed E-state index contributed by atoms with van der Waals surface area (Å²) >= 11 is 0. The highest BCUT2D eigenvalue weighted by molar-refractivity contribution is 5.94. The normalized spacial score (nSPS) is 13.2. The molecule has 2 atom stereocenters. The molecular formula is C14H20N2O5. The van der Waals surface area contributed by atoms with Gasteiger partial charge in [-0.15, -0.1) is 0 Å². The molecule has 0 aliphatic heterocycles. The molecule has 1 aromatic rings. The fraction of sp³-hybridized carbons (Fsp3) is 0.500. The van der Waals surface area contributed by atoms with Crippen LogP contribution in [0, 0.1) is 5.92 Å². The van der Waals surface area contributed by atoms with E-state index in [0.717, 1.165) is 5.76 Å². The number of carboxylic acid groups (broad SMARTS) is 1. The van der Waals surface area contributed by atoms with Crippen LogP contribution in [0.1, 0.15) is 32.4 Å². The van der Waals surface area contributed by atoms with Crippen LogP contribution >= 0.6 is 0 Å². The van der Waals surface area contributed by atoms with Crippen molar-refractivity contribution in [2.24, 2.45) is 5.92 Å². The number of hydrogen-bond acceptors (Lipinski definition) is 4. The van der Waals surface area contributed by atoms with E-state index in [1.165, 1.54) is 0 Å². The molecule has 2 unspecified atom stereocenters. The van der Waals surface area contributed by atoms with Gasteiger partial charge in [0.05, 0.1) is 6.26 Å². The summed E-state index contributed by atoms with van der Waals surface area (Å²) in [6.07, 6.45) is 1.95. The molecule has 0 bridgehead atoms. The number of urea groups is 1. The molecule has 1 heterocycles. The summed E-state index contributed by atoms with van der Waals surface area (Å²) in [5, 5.41) is 13.4. The largest absolute Gasteiger partial charge is 0.481 e. The van der Waals surface area contributed by atoms with Gasteiger partial charge in [0, 0.05) is 25.3 Å². The van der Waals surface area contributed by atoms with Crippen LogP contribution in [0.15, 0.2) is 22.8 Å². The molecule has 0 aliphatic rings. The van der Waals surface area contributed by atoms with Crippen LogP contribution in [-0.2, 0) is 16.0 Å². The first-order valence-corrected chi connectivity index (χ1v) is 6.71. The second-order valence-corrected chi connectivity index (χ2v) is 5.11. The number of aliphatic carboxylic acids is 1. The van der Waals surface area contributed by atoms with Gasteiger partial charge in [-0.1, -0.05) is 6.92 Å². The molecule has 7 heteroatoms. The minimum absolute atomic E-state index is 0.00765. The van der Waals surface area contributed by atoms with E-state index in [1.54, 1.807) is 32.2 Å². The lowest BCUT2D eigenvalue weighted by Crippen LogP contribution is -2.44. The molecule has 0 radical (unpaired) electrons. The van der Waals surface area contributed by atoms with Gasteiger partial charge in [0.2, 0.25) is 5.91 Å². The molecule has 116 valence electrons. The molecule has 0 aliphatic carbocycles. The van der Waals surface area contributed by atoms with Crippen LogP contribution in [-0.4, -0.2) is 29.1 Å². The summed E-state index contributed by atoms with van der Waals surface area (Å²) in [7, 11) is 0. The van der Waals surface area contributed by atoms with Crippen LogP contribution in [0.4, 0.5) is 4.79 Å². The summed E-state index contributed by atoms with van der Waals surface area (Å²) in [6, 6.07) is 2.77. The molecule has 1 rings (SSSR count). The Morgan fingerprint density at radius 2 is 2.00 bits per heavy atom. The number of rotatable bonds is 7. The minimum atomic E-state index is -0.966. The lowest BCUT2D eigenvalue weighted by atomic mass is 10.0. The Balaban J connectivity index is 2.29. The summed E-state index contributed by atoms with van der Waals surface area (Å²) in [5.41, 5.74) is 0. The molecular weight excluding hydrogens is 276 g/mol. The number of carbonyl (C=O) groups is 3. The SMILES string of the molecule is CC(CC(=O)O)CC(=O)NC(=O)NC(C)Cc1ccco1. The second kappa shape index (κ2) is 8.08. The van der Waals surface area contributed by atoms with Crippen molar-refractivity contribution in [1.29, 1.82) is 0 Å². The Hall–Kier alpha value is -2.31. The highest BCUT2D eigenvalue weighted by atomic mass is 16.4. The van der Waals surface area contributed by atoms with Gasteiger partial charge in [0.15, 0.2) is 0 Å². The Bertz CT molecular complexity index is 484. The summed E-state index contributed by atoms with van der Waals surface area (Å²) in [4.78, 5) is 33.7. The van der Waals surface area contributed by atoms with Crippen molar-refractivity contribution in [1.82, 2.24) is 10.6 Å². The van der Waals surface area contributed by atoms with Crippen molar-refractivity contribution in [3.8, 4) is 0 Å². The standard InChI is InChI=1S/C14H20N2O5/c1-9(7-13(18)19)6-12(17)16-14(20)15-10(2)8-11-4-3-5-21-11/h3-5,9-10H,6-8H2,1-2H3,(H,18,19)(H2,15,16,17,20). The van der Waals surface area contributed by atoms with Gasteiger partial charge in [0.25, 0.3) is 0 Å². The van der Waals surface area contributed by atoms with Crippen molar-refractivity contribution in [3.05, 3.63) is 24.2 Å². The van der Waals surface area contributed by atoms with E-state index in [-0.39, 0.29) is 24.8 Å². The number of imide groups is 1. The Labute approximate surface area is 122 Å². The summed E-state index contributed by atoms with van der Waals surface area (Å²) < 4.78 is 5.16. The summed E-state index contributed by atoms with van der Waals surface area (Å²) in [5.74, 6) is -1.04. The molecule has 3 N–H and O–H groups in total. The molecule has 0 saturated heterocycles. The zero-order chi connectivity index (χ0) is 15.8. The second-order valence-electron chi connectivity index (χ2n) is 5.11. The van der Waals surface area contributed by atoms with E-state index in [4.69, 9.17) is 9.52 Å². The Kier molecular flexibility index (Phi) is 6.45. The third-order valence-corrected chi connectivity index (χ3v) is 2.77. The molecule has 0 saturated carbocycles. The lowest BCUT2D eigenvalue weighted by Gasteiger charge is -2.13. The van der Waals surface area contributed by atoms with Crippen LogP contribution in [0.5, 0.6) is 0 Å². The van der Waals surface area contributed by atoms with E-state index in [2.05, 4.69) is 10.6 Å². The predicted molar refractivity (Wildman–Crippen MR) is 74.6 cm³/mol. The lowest BCUT2D eigenvalue weighted by molar-refractivity contribution is -0.138. The molecule has 3 amide bonds.